The number of likely N-dealkylation sites (N-methyl/N-ethyl adjacent to an activating group) is 1. The number of halogens is 2. The third kappa shape index (κ3) is 3.54. The second kappa shape index (κ2) is 6.00. The molecule has 7 heteroatoms. The van der Waals surface area contributed by atoms with Gasteiger partial charge in [0.2, 0.25) is 0 Å². The molecule has 1 aromatic heterocycles. The third-order valence-corrected chi connectivity index (χ3v) is 3.32. The summed E-state index contributed by atoms with van der Waals surface area (Å²) in [6.07, 6.45) is 0. The largest absolute Gasteiger partial charge is 0.334 e. The van der Waals surface area contributed by atoms with Crippen LogP contribution in [0.3, 0.4) is 0 Å². The lowest BCUT2D eigenvalue weighted by Crippen LogP contribution is -2.26. The van der Waals surface area contributed by atoms with Crippen LogP contribution in [0.25, 0.3) is 11.5 Å². The number of nitrogens with two attached hydrogens (primary N) is 1. The van der Waals surface area contributed by atoms with Gasteiger partial charge in [-0.3, -0.25) is 0 Å². The standard InChI is InChI=1S/C12H14BrClN4O/c1-18(2)6-10(15)11-16-12(19-17-11)8-5-7(13)3-4-9(8)14/h3-5,10H,6,15H2,1-2H3. The summed E-state index contributed by atoms with van der Waals surface area (Å²) in [4.78, 5) is 6.27. The normalized spacial score (nSPS) is 12.9. The number of benzene rings is 1. The van der Waals surface area contributed by atoms with Gasteiger partial charge < -0.3 is 15.2 Å². The molecule has 0 radical (unpaired) electrons. The van der Waals surface area contributed by atoms with Crippen LogP contribution in [0.2, 0.25) is 5.02 Å². The Labute approximate surface area is 124 Å². The predicted molar refractivity (Wildman–Crippen MR) is 77.9 cm³/mol. The zero-order valence-corrected chi connectivity index (χ0v) is 12.9. The van der Waals surface area contributed by atoms with Gasteiger partial charge in [-0.25, -0.2) is 0 Å². The molecule has 2 N–H and O–H groups in total. The van der Waals surface area contributed by atoms with E-state index in [1.54, 1.807) is 6.07 Å². The summed E-state index contributed by atoms with van der Waals surface area (Å²) in [6, 6.07) is 5.15. The van der Waals surface area contributed by atoms with E-state index in [1.807, 2.05) is 31.1 Å². The topological polar surface area (TPSA) is 68.2 Å². The molecule has 102 valence electrons. The fourth-order valence-electron chi connectivity index (χ4n) is 1.63. The lowest BCUT2D eigenvalue weighted by Gasteiger charge is -2.12. The van der Waals surface area contributed by atoms with Gasteiger partial charge in [0.05, 0.1) is 16.6 Å². The fourth-order valence-corrected chi connectivity index (χ4v) is 2.19. The Kier molecular flexibility index (Phi) is 4.57. The van der Waals surface area contributed by atoms with Crippen molar-refractivity contribution in [3.05, 3.63) is 33.5 Å². The van der Waals surface area contributed by atoms with Crippen LogP contribution in [0.5, 0.6) is 0 Å². The van der Waals surface area contributed by atoms with E-state index in [2.05, 4.69) is 26.1 Å². The molecule has 0 saturated carbocycles. The molecule has 0 fully saturated rings. The highest BCUT2D eigenvalue weighted by molar-refractivity contribution is 9.10. The summed E-state index contributed by atoms with van der Waals surface area (Å²) in [5, 5.41) is 4.46. The Hall–Kier alpha value is -0.950. The summed E-state index contributed by atoms with van der Waals surface area (Å²) < 4.78 is 6.12. The van der Waals surface area contributed by atoms with E-state index in [9.17, 15) is 0 Å². The average Bonchev–Trinajstić information content (AvgIpc) is 2.80. The maximum Gasteiger partial charge on any atom is 0.259 e. The zero-order chi connectivity index (χ0) is 14.0. The number of hydrogen-bond donors (Lipinski definition) is 1. The number of aromatic nitrogens is 2. The lowest BCUT2D eigenvalue weighted by atomic mass is 10.2. The highest BCUT2D eigenvalue weighted by Gasteiger charge is 2.17. The van der Waals surface area contributed by atoms with E-state index >= 15 is 0 Å². The van der Waals surface area contributed by atoms with Crippen molar-refractivity contribution in [2.75, 3.05) is 20.6 Å². The SMILES string of the molecule is CN(C)CC(N)c1noc(-c2cc(Br)ccc2Cl)n1. The molecular formula is C12H14BrClN4O. The zero-order valence-electron chi connectivity index (χ0n) is 10.6. The van der Waals surface area contributed by atoms with Crippen LogP contribution in [-0.4, -0.2) is 35.7 Å². The van der Waals surface area contributed by atoms with Crippen molar-refractivity contribution in [2.24, 2.45) is 5.73 Å². The number of nitrogens with zero attached hydrogens (tertiary/aromatic N) is 3. The molecule has 1 aromatic carbocycles. The first-order valence-corrected chi connectivity index (χ1v) is 6.84. The van der Waals surface area contributed by atoms with Crippen LogP contribution in [0.1, 0.15) is 11.9 Å². The van der Waals surface area contributed by atoms with Crippen LogP contribution >= 0.6 is 27.5 Å². The Morgan fingerprint density at radius 3 is 2.89 bits per heavy atom. The van der Waals surface area contributed by atoms with Crippen molar-refractivity contribution in [3.63, 3.8) is 0 Å². The Bertz CT molecular complexity index is 573. The minimum Gasteiger partial charge on any atom is -0.334 e. The summed E-state index contributed by atoms with van der Waals surface area (Å²) in [7, 11) is 3.87. The van der Waals surface area contributed by atoms with Gasteiger partial charge in [0.1, 0.15) is 0 Å². The van der Waals surface area contributed by atoms with Gasteiger partial charge in [0, 0.05) is 11.0 Å². The second-order valence-electron chi connectivity index (χ2n) is 4.45. The maximum absolute atomic E-state index is 6.12. The van der Waals surface area contributed by atoms with Gasteiger partial charge in [-0.05, 0) is 32.3 Å². The molecule has 0 aliphatic heterocycles. The summed E-state index contributed by atoms with van der Waals surface area (Å²) >= 11 is 9.50. The number of rotatable bonds is 4. The lowest BCUT2D eigenvalue weighted by molar-refractivity contribution is 0.357. The van der Waals surface area contributed by atoms with Crippen molar-refractivity contribution < 1.29 is 4.52 Å². The number of hydrogen-bond acceptors (Lipinski definition) is 5. The molecule has 1 heterocycles. The highest BCUT2D eigenvalue weighted by Crippen LogP contribution is 2.29. The average molecular weight is 346 g/mol. The molecule has 0 saturated heterocycles. The van der Waals surface area contributed by atoms with Gasteiger partial charge in [-0.1, -0.05) is 32.7 Å². The van der Waals surface area contributed by atoms with Crippen LogP contribution in [-0.2, 0) is 0 Å². The molecule has 1 atom stereocenters. The first-order chi connectivity index (χ1) is 8.97. The van der Waals surface area contributed by atoms with Crippen molar-refractivity contribution in [2.45, 2.75) is 6.04 Å². The van der Waals surface area contributed by atoms with Crippen LogP contribution < -0.4 is 5.73 Å². The molecule has 1 unspecified atom stereocenters. The summed E-state index contributed by atoms with van der Waals surface area (Å²) in [6.45, 7) is 0.644. The monoisotopic (exact) mass is 344 g/mol. The van der Waals surface area contributed by atoms with E-state index in [0.717, 1.165) is 4.47 Å². The first-order valence-electron chi connectivity index (χ1n) is 5.66. The van der Waals surface area contributed by atoms with E-state index in [0.29, 0.717) is 28.8 Å². The molecule has 19 heavy (non-hydrogen) atoms. The van der Waals surface area contributed by atoms with Crippen LogP contribution in [0, 0.1) is 0 Å². The van der Waals surface area contributed by atoms with Crippen LogP contribution in [0.15, 0.2) is 27.2 Å². The smallest absolute Gasteiger partial charge is 0.259 e. The van der Waals surface area contributed by atoms with Gasteiger partial charge in [-0.15, -0.1) is 0 Å². The summed E-state index contributed by atoms with van der Waals surface area (Å²) in [5.74, 6) is 0.843. The fraction of sp³-hybridized carbons (Fsp3) is 0.333. The molecular weight excluding hydrogens is 332 g/mol. The van der Waals surface area contributed by atoms with Gasteiger partial charge in [-0.2, -0.15) is 4.98 Å². The van der Waals surface area contributed by atoms with Crippen molar-refractivity contribution in [1.29, 1.82) is 0 Å². The Morgan fingerprint density at radius 2 is 2.21 bits per heavy atom. The molecule has 2 aromatic rings. The van der Waals surface area contributed by atoms with E-state index in [-0.39, 0.29) is 6.04 Å². The van der Waals surface area contributed by atoms with E-state index in [1.165, 1.54) is 0 Å². The molecule has 2 rings (SSSR count). The Morgan fingerprint density at radius 1 is 1.47 bits per heavy atom. The molecule has 0 aliphatic rings. The first kappa shape index (κ1) is 14.5. The van der Waals surface area contributed by atoms with E-state index < -0.39 is 0 Å². The molecule has 0 amide bonds. The molecule has 0 aliphatic carbocycles. The van der Waals surface area contributed by atoms with Gasteiger partial charge in [0.25, 0.3) is 5.89 Å². The minimum absolute atomic E-state index is 0.293. The van der Waals surface area contributed by atoms with Crippen molar-refractivity contribution >= 4 is 27.5 Å². The maximum atomic E-state index is 6.12. The van der Waals surface area contributed by atoms with E-state index in [4.69, 9.17) is 21.9 Å². The predicted octanol–water partition coefficient (Wildman–Crippen LogP) is 2.71. The Balaban J connectivity index is 2.28. The second-order valence-corrected chi connectivity index (χ2v) is 5.77. The minimum atomic E-state index is -0.293. The van der Waals surface area contributed by atoms with Crippen molar-refractivity contribution in [1.82, 2.24) is 15.0 Å². The molecule has 5 nitrogen and oxygen atoms in total. The summed E-state index contributed by atoms with van der Waals surface area (Å²) in [5.41, 5.74) is 6.67. The van der Waals surface area contributed by atoms with Gasteiger partial charge in [0.15, 0.2) is 5.82 Å². The molecule has 0 bridgehead atoms. The van der Waals surface area contributed by atoms with Crippen molar-refractivity contribution in [3.8, 4) is 11.5 Å². The molecule has 0 spiro atoms. The van der Waals surface area contributed by atoms with Gasteiger partial charge >= 0.3 is 0 Å². The third-order valence-electron chi connectivity index (χ3n) is 2.49. The van der Waals surface area contributed by atoms with Crippen LogP contribution in [0.4, 0.5) is 0 Å². The quantitative estimate of drug-likeness (QED) is 0.923. The highest BCUT2D eigenvalue weighted by atomic mass is 79.9.